The fourth-order valence-corrected chi connectivity index (χ4v) is 2.52. The molecule has 96 valence electrons. The van der Waals surface area contributed by atoms with Gasteiger partial charge in [-0.15, -0.1) is 0 Å². The minimum absolute atomic E-state index is 0.0314. The number of hydrogen-bond donors (Lipinski definition) is 1. The maximum Gasteiger partial charge on any atom is 0.142 e. The third-order valence-electron chi connectivity index (χ3n) is 3.75. The summed E-state index contributed by atoms with van der Waals surface area (Å²) in [6.07, 6.45) is 4.97. The van der Waals surface area contributed by atoms with E-state index < -0.39 is 0 Å². The Balaban J connectivity index is 1.86. The predicted octanol–water partition coefficient (Wildman–Crippen LogP) is 1.83. The SMILES string of the molecule is CC(C)N1CCC(Cc2oncc2CO)CC1. The lowest BCUT2D eigenvalue weighted by Crippen LogP contribution is -2.38. The highest BCUT2D eigenvalue weighted by Crippen LogP contribution is 2.24. The van der Waals surface area contributed by atoms with Gasteiger partial charge in [-0.2, -0.15) is 0 Å². The Labute approximate surface area is 103 Å². The van der Waals surface area contributed by atoms with Crippen LogP contribution in [0.5, 0.6) is 0 Å². The number of aliphatic hydroxyl groups is 1. The first-order valence-electron chi connectivity index (χ1n) is 6.48. The topological polar surface area (TPSA) is 49.5 Å². The van der Waals surface area contributed by atoms with Crippen molar-refractivity contribution in [2.45, 2.75) is 45.8 Å². The third-order valence-corrected chi connectivity index (χ3v) is 3.75. The van der Waals surface area contributed by atoms with Crippen molar-refractivity contribution in [2.24, 2.45) is 5.92 Å². The third kappa shape index (κ3) is 3.07. The highest BCUT2D eigenvalue weighted by molar-refractivity contribution is 5.12. The van der Waals surface area contributed by atoms with Crippen LogP contribution in [0.4, 0.5) is 0 Å². The van der Waals surface area contributed by atoms with Crippen molar-refractivity contribution in [3.8, 4) is 0 Å². The van der Waals surface area contributed by atoms with Gasteiger partial charge in [-0.25, -0.2) is 0 Å². The van der Waals surface area contributed by atoms with E-state index in [-0.39, 0.29) is 6.61 Å². The Hall–Kier alpha value is -0.870. The normalized spacial score (nSPS) is 19.1. The summed E-state index contributed by atoms with van der Waals surface area (Å²) in [4.78, 5) is 2.52. The lowest BCUT2D eigenvalue weighted by molar-refractivity contribution is 0.145. The van der Waals surface area contributed by atoms with E-state index in [4.69, 9.17) is 9.63 Å². The van der Waals surface area contributed by atoms with Crippen LogP contribution < -0.4 is 0 Å². The predicted molar refractivity (Wildman–Crippen MR) is 65.6 cm³/mol. The van der Waals surface area contributed by atoms with Crippen LogP contribution in [0.1, 0.15) is 38.0 Å². The van der Waals surface area contributed by atoms with Crippen LogP contribution in [0.25, 0.3) is 0 Å². The van der Waals surface area contributed by atoms with E-state index in [1.807, 2.05) is 0 Å². The Morgan fingerprint density at radius 2 is 2.18 bits per heavy atom. The van der Waals surface area contributed by atoms with Gasteiger partial charge < -0.3 is 14.5 Å². The summed E-state index contributed by atoms with van der Waals surface area (Å²) in [5.41, 5.74) is 0.844. The molecule has 1 fully saturated rings. The van der Waals surface area contributed by atoms with Crippen molar-refractivity contribution in [1.29, 1.82) is 0 Å². The first-order valence-corrected chi connectivity index (χ1v) is 6.48. The molecular formula is C13H22N2O2. The molecule has 1 aliphatic heterocycles. The molecule has 0 aromatic carbocycles. The standard InChI is InChI=1S/C13H22N2O2/c1-10(2)15-5-3-11(4-6-15)7-13-12(9-16)8-14-17-13/h8,10-11,16H,3-7,9H2,1-2H3. The van der Waals surface area contributed by atoms with Crippen LogP contribution in [-0.2, 0) is 13.0 Å². The van der Waals surface area contributed by atoms with Gasteiger partial charge in [-0.05, 0) is 45.7 Å². The average molecular weight is 238 g/mol. The molecule has 0 unspecified atom stereocenters. The van der Waals surface area contributed by atoms with Gasteiger partial charge in [-0.1, -0.05) is 5.16 Å². The number of likely N-dealkylation sites (tertiary alicyclic amines) is 1. The van der Waals surface area contributed by atoms with Gasteiger partial charge in [0.2, 0.25) is 0 Å². The number of aromatic nitrogens is 1. The molecule has 0 saturated carbocycles. The zero-order valence-electron chi connectivity index (χ0n) is 10.7. The maximum absolute atomic E-state index is 9.14. The molecular weight excluding hydrogens is 216 g/mol. The highest BCUT2D eigenvalue weighted by Gasteiger charge is 2.23. The molecule has 4 heteroatoms. The fourth-order valence-electron chi connectivity index (χ4n) is 2.52. The second kappa shape index (κ2) is 5.65. The molecule has 1 aliphatic rings. The summed E-state index contributed by atoms with van der Waals surface area (Å²) in [6, 6.07) is 0.647. The number of aliphatic hydroxyl groups excluding tert-OH is 1. The van der Waals surface area contributed by atoms with Gasteiger partial charge in [0.15, 0.2) is 0 Å². The van der Waals surface area contributed by atoms with Crippen molar-refractivity contribution in [3.05, 3.63) is 17.5 Å². The van der Waals surface area contributed by atoms with E-state index in [0.717, 1.165) is 17.7 Å². The van der Waals surface area contributed by atoms with Crippen LogP contribution in [0.3, 0.4) is 0 Å². The maximum atomic E-state index is 9.14. The van der Waals surface area contributed by atoms with Crippen LogP contribution in [0, 0.1) is 5.92 Å². The highest BCUT2D eigenvalue weighted by atomic mass is 16.5. The molecule has 1 N–H and O–H groups in total. The number of nitrogens with zero attached hydrogens (tertiary/aromatic N) is 2. The summed E-state index contributed by atoms with van der Waals surface area (Å²) in [6.45, 7) is 6.88. The van der Waals surface area contributed by atoms with Crippen molar-refractivity contribution < 1.29 is 9.63 Å². The lowest BCUT2D eigenvalue weighted by atomic mass is 9.91. The average Bonchev–Trinajstić information content (AvgIpc) is 2.77. The summed E-state index contributed by atoms with van der Waals surface area (Å²) < 4.78 is 5.21. The second-order valence-electron chi connectivity index (χ2n) is 5.21. The Kier molecular flexibility index (Phi) is 4.18. The fraction of sp³-hybridized carbons (Fsp3) is 0.769. The van der Waals surface area contributed by atoms with Crippen molar-refractivity contribution in [2.75, 3.05) is 13.1 Å². The first-order chi connectivity index (χ1) is 8.20. The lowest BCUT2D eigenvalue weighted by Gasteiger charge is -2.34. The second-order valence-corrected chi connectivity index (χ2v) is 5.21. The van der Waals surface area contributed by atoms with Crippen LogP contribution >= 0.6 is 0 Å². The zero-order valence-corrected chi connectivity index (χ0v) is 10.7. The Bertz CT molecular complexity index is 341. The molecule has 17 heavy (non-hydrogen) atoms. The molecule has 1 aromatic rings. The van der Waals surface area contributed by atoms with Gasteiger partial charge >= 0.3 is 0 Å². The summed E-state index contributed by atoms with van der Waals surface area (Å²) in [7, 11) is 0. The first kappa shape index (κ1) is 12.6. The van der Waals surface area contributed by atoms with Crippen molar-refractivity contribution in [1.82, 2.24) is 10.1 Å². The molecule has 1 aromatic heterocycles. The molecule has 0 spiro atoms. The van der Waals surface area contributed by atoms with Gasteiger partial charge in [0.1, 0.15) is 5.76 Å². The molecule has 4 nitrogen and oxygen atoms in total. The molecule has 0 bridgehead atoms. The summed E-state index contributed by atoms with van der Waals surface area (Å²) in [5, 5.41) is 12.9. The van der Waals surface area contributed by atoms with E-state index in [9.17, 15) is 0 Å². The van der Waals surface area contributed by atoms with E-state index in [1.54, 1.807) is 6.20 Å². The molecule has 0 amide bonds. The quantitative estimate of drug-likeness (QED) is 0.869. The van der Waals surface area contributed by atoms with Gasteiger partial charge in [0.05, 0.1) is 12.8 Å². The molecule has 2 heterocycles. The Morgan fingerprint density at radius 1 is 1.47 bits per heavy atom. The largest absolute Gasteiger partial charge is 0.391 e. The zero-order chi connectivity index (χ0) is 12.3. The minimum atomic E-state index is 0.0314. The molecule has 0 radical (unpaired) electrons. The van der Waals surface area contributed by atoms with Crippen molar-refractivity contribution >= 4 is 0 Å². The van der Waals surface area contributed by atoms with Crippen LogP contribution in [0.15, 0.2) is 10.7 Å². The van der Waals surface area contributed by atoms with Crippen molar-refractivity contribution in [3.63, 3.8) is 0 Å². The van der Waals surface area contributed by atoms with E-state index >= 15 is 0 Å². The monoisotopic (exact) mass is 238 g/mol. The Morgan fingerprint density at radius 3 is 2.76 bits per heavy atom. The molecule has 0 atom stereocenters. The molecule has 2 rings (SSSR count). The summed E-state index contributed by atoms with van der Waals surface area (Å²) in [5.74, 6) is 1.54. The number of rotatable bonds is 4. The minimum Gasteiger partial charge on any atom is -0.391 e. The van der Waals surface area contributed by atoms with E-state index in [2.05, 4.69) is 23.9 Å². The van der Waals surface area contributed by atoms with Gasteiger partial charge in [-0.3, -0.25) is 0 Å². The van der Waals surface area contributed by atoms with Crippen LogP contribution in [-0.4, -0.2) is 34.3 Å². The van der Waals surface area contributed by atoms with Gasteiger partial charge in [0.25, 0.3) is 0 Å². The number of hydrogen-bond acceptors (Lipinski definition) is 4. The summed E-state index contributed by atoms with van der Waals surface area (Å²) >= 11 is 0. The van der Waals surface area contributed by atoms with Crippen LogP contribution in [0.2, 0.25) is 0 Å². The van der Waals surface area contributed by atoms with E-state index in [0.29, 0.717) is 12.0 Å². The smallest absolute Gasteiger partial charge is 0.142 e. The molecule has 1 saturated heterocycles. The van der Waals surface area contributed by atoms with Gasteiger partial charge in [0, 0.05) is 18.0 Å². The number of piperidine rings is 1. The van der Waals surface area contributed by atoms with E-state index in [1.165, 1.54) is 25.9 Å². The molecule has 0 aliphatic carbocycles.